The number of benzene rings is 1. The van der Waals surface area contributed by atoms with Gasteiger partial charge in [0.05, 0.1) is 5.92 Å². The summed E-state index contributed by atoms with van der Waals surface area (Å²) in [5.41, 5.74) is 2.10. The molecule has 1 amide bonds. The zero-order valence-electron chi connectivity index (χ0n) is 12.7. The Morgan fingerprint density at radius 2 is 1.91 bits per heavy atom. The van der Waals surface area contributed by atoms with Crippen LogP contribution >= 0.6 is 0 Å². The Morgan fingerprint density at radius 3 is 2.61 bits per heavy atom. The quantitative estimate of drug-likeness (QED) is 0.679. The number of phenolic OH excluding ortho intramolecular Hbond substituents is 1. The van der Waals surface area contributed by atoms with Crippen LogP contribution in [-0.2, 0) is 16.1 Å². The molecule has 1 aliphatic carbocycles. The van der Waals surface area contributed by atoms with Gasteiger partial charge in [-0.15, -0.1) is 0 Å². The number of nitrogens with one attached hydrogen (secondary N) is 2. The second kappa shape index (κ2) is 6.32. The molecule has 0 bridgehead atoms. The summed E-state index contributed by atoms with van der Waals surface area (Å²) in [4.78, 5) is 23.3. The number of aromatic hydroxyl groups is 1. The van der Waals surface area contributed by atoms with E-state index in [4.69, 9.17) is 5.11 Å². The molecule has 1 fully saturated rings. The molecular weight excluding hydrogens is 296 g/mol. The minimum Gasteiger partial charge on any atom is -0.508 e. The van der Waals surface area contributed by atoms with Gasteiger partial charge in [0.15, 0.2) is 0 Å². The molecule has 3 rings (SSSR count). The number of hydrogen-bond donors (Lipinski definition) is 4. The lowest BCUT2D eigenvalue weighted by Gasteiger charge is -2.28. The van der Waals surface area contributed by atoms with Gasteiger partial charge in [-0.3, -0.25) is 9.59 Å². The van der Waals surface area contributed by atoms with Gasteiger partial charge in [0.25, 0.3) is 5.91 Å². The fourth-order valence-electron chi connectivity index (χ4n) is 3.20. The number of aliphatic carboxylic acids is 1. The Bertz CT molecular complexity index is 661. The number of hydrogen-bond acceptors (Lipinski definition) is 4. The second-order valence-electron chi connectivity index (χ2n) is 6.12. The molecule has 0 atom stereocenters. The van der Waals surface area contributed by atoms with Crippen LogP contribution in [-0.4, -0.2) is 28.1 Å². The fraction of sp³-hybridized carbons (Fsp3) is 0.412. The molecule has 1 saturated carbocycles. The first kappa shape index (κ1) is 15.4. The molecule has 2 aliphatic rings. The number of fused-ring (bicyclic) bond motifs is 1. The van der Waals surface area contributed by atoms with Crippen molar-refractivity contribution in [2.75, 3.05) is 0 Å². The summed E-state index contributed by atoms with van der Waals surface area (Å²) in [6.45, 7) is 0.410. The second-order valence-corrected chi connectivity index (χ2v) is 6.12. The van der Waals surface area contributed by atoms with Crippen molar-refractivity contribution in [1.29, 1.82) is 0 Å². The molecule has 6 nitrogen and oxygen atoms in total. The molecule has 0 radical (unpaired) electrons. The fourth-order valence-corrected chi connectivity index (χ4v) is 3.20. The summed E-state index contributed by atoms with van der Waals surface area (Å²) in [6, 6.07) is 5.26. The third-order valence-electron chi connectivity index (χ3n) is 4.60. The van der Waals surface area contributed by atoms with Crippen LogP contribution in [0.25, 0.3) is 6.08 Å². The lowest BCUT2D eigenvalue weighted by Crippen LogP contribution is -2.42. The normalized spacial score (nSPS) is 23.2. The van der Waals surface area contributed by atoms with Gasteiger partial charge >= 0.3 is 5.97 Å². The average Bonchev–Trinajstić information content (AvgIpc) is 2.55. The van der Waals surface area contributed by atoms with E-state index < -0.39 is 5.97 Å². The standard InChI is InChI=1S/C17H20N2O4/c20-15-3-1-2-11-8-14(18-9-13(11)15)16(21)19-12-6-4-10(5-7-12)17(22)23/h1-3,8,10,12,18,20H,4-7,9H2,(H,19,21)(H,22,23). The topological polar surface area (TPSA) is 98.7 Å². The largest absolute Gasteiger partial charge is 0.508 e. The first-order chi connectivity index (χ1) is 11.0. The highest BCUT2D eigenvalue weighted by atomic mass is 16.4. The molecule has 6 heteroatoms. The molecule has 23 heavy (non-hydrogen) atoms. The van der Waals surface area contributed by atoms with E-state index >= 15 is 0 Å². The maximum Gasteiger partial charge on any atom is 0.306 e. The molecule has 1 aromatic carbocycles. The van der Waals surface area contributed by atoms with Crippen LogP contribution in [0.15, 0.2) is 23.9 Å². The highest BCUT2D eigenvalue weighted by molar-refractivity contribution is 5.98. The van der Waals surface area contributed by atoms with Crippen molar-refractivity contribution in [3.63, 3.8) is 0 Å². The Labute approximate surface area is 134 Å². The Kier molecular flexibility index (Phi) is 4.23. The van der Waals surface area contributed by atoms with Crippen LogP contribution in [0.2, 0.25) is 0 Å². The predicted molar refractivity (Wildman–Crippen MR) is 84.4 cm³/mol. The Hall–Kier alpha value is -2.50. The number of carbonyl (C=O) groups is 2. The van der Waals surface area contributed by atoms with Crippen molar-refractivity contribution in [2.45, 2.75) is 38.3 Å². The van der Waals surface area contributed by atoms with Crippen molar-refractivity contribution < 1.29 is 19.8 Å². The molecule has 1 aliphatic heterocycles. The maximum atomic E-state index is 12.4. The molecule has 122 valence electrons. The van der Waals surface area contributed by atoms with Gasteiger partial charge in [0.1, 0.15) is 11.4 Å². The minimum absolute atomic E-state index is 0.0198. The number of phenols is 1. The summed E-state index contributed by atoms with van der Waals surface area (Å²) in [7, 11) is 0. The van der Waals surface area contributed by atoms with E-state index in [-0.39, 0.29) is 23.6 Å². The molecule has 0 unspecified atom stereocenters. The van der Waals surface area contributed by atoms with E-state index in [0.717, 1.165) is 11.1 Å². The number of amides is 1. The van der Waals surface area contributed by atoms with Crippen molar-refractivity contribution >= 4 is 18.0 Å². The van der Waals surface area contributed by atoms with Crippen LogP contribution in [0.5, 0.6) is 5.75 Å². The molecule has 1 aromatic rings. The summed E-state index contributed by atoms with van der Waals surface area (Å²) >= 11 is 0. The predicted octanol–water partition coefficient (Wildman–Crippen LogP) is 1.60. The molecular formula is C17H20N2O4. The van der Waals surface area contributed by atoms with Crippen LogP contribution in [0.3, 0.4) is 0 Å². The lowest BCUT2D eigenvalue weighted by atomic mass is 9.86. The Morgan fingerprint density at radius 1 is 1.17 bits per heavy atom. The van der Waals surface area contributed by atoms with E-state index in [9.17, 15) is 14.7 Å². The third kappa shape index (κ3) is 3.31. The number of rotatable bonds is 3. The summed E-state index contributed by atoms with van der Waals surface area (Å²) in [5, 5.41) is 24.8. The van der Waals surface area contributed by atoms with Crippen LogP contribution in [0, 0.1) is 5.92 Å². The number of carboxylic acid groups (broad SMARTS) is 1. The number of carboxylic acids is 1. The van der Waals surface area contributed by atoms with Crippen LogP contribution < -0.4 is 10.6 Å². The smallest absolute Gasteiger partial charge is 0.306 e. The van der Waals surface area contributed by atoms with Gasteiger partial charge in [-0.25, -0.2) is 0 Å². The van der Waals surface area contributed by atoms with Gasteiger partial charge in [-0.2, -0.15) is 0 Å². The maximum absolute atomic E-state index is 12.4. The third-order valence-corrected chi connectivity index (χ3v) is 4.60. The molecule has 0 saturated heterocycles. The van der Waals surface area contributed by atoms with Crippen molar-refractivity contribution in [3.05, 3.63) is 35.0 Å². The van der Waals surface area contributed by atoms with Crippen LogP contribution in [0.1, 0.15) is 36.8 Å². The van der Waals surface area contributed by atoms with E-state index in [1.807, 2.05) is 6.07 Å². The van der Waals surface area contributed by atoms with E-state index in [0.29, 0.717) is 37.9 Å². The van der Waals surface area contributed by atoms with Crippen molar-refractivity contribution in [1.82, 2.24) is 10.6 Å². The molecule has 0 spiro atoms. The van der Waals surface area contributed by atoms with Crippen LogP contribution in [0.4, 0.5) is 0 Å². The zero-order chi connectivity index (χ0) is 16.4. The van der Waals surface area contributed by atoms with Crippen molar-refractivity contribution in [3.8, 4) is 5.75 Å². The zero-order valence-corrected chi connectivity index (χ0v) is 12.7. The SMILES string of the molecule is O=C(NC1CCC(C(=O)O)CC1)C1=Cc2cccc(O)c2CN1. The number of carbonyl (C=O) groups excluding carboxylic acids is 1. The summed E-state index contributed by atoms with van der Waals surface area (Å²) in [5.74, 6) is -0.997. The van der Waals surface area contributed by atoms with Gasteiger partial charge in [0, 0.05) is 18.2 Å². The first-order valence-electron chi connectivity index (χ1n) is 7.84. The monoisotopic (exact) mass is 316 g/mol. The first-order valence-corrected chi connectivity index (χ1v) is 7.84. The van der Waals surface area contributed by atoms with E-state index in [1.165, 1.54) is 0 Å². The van der Waals surface area contributed by atoms with Gasteiger partial charge < -0.3 is 20.8 Å². The van der Waals surface area contributed by atoms with E-state index in [1.54, 1.807) is 18.2 Å². The molecule has 1 heterocycles. The highest BCUT2D eigenvalue weighted by Crippen LogP contribution is 2.27. The summed E-state index contributed by atoms with van der Waals surface area (Å²) in [6.07, 6.45) is 4.31. The van der Waals surface area contributed by atoms with Gasteiger partial charge in [0.2, 0.25) is 0 Å². The van der Waals surface area contributed by atoms with E-state index in [2.05, 4.69) is 10.6 Å². The van der Waals surface area contributed by atoms with Gasteiger partial charge in [-0.05, 0) is 43.4 Å². The average molecular weight is 316 g/mol. The minimum atomic E-state index is -0.747. The summed E-state index contributed by atoms with van der Waals surface area (Å²) < 4.78 is 0. The Balaban J connectivity index is 1.63. The molecule has 0 aromatic heterocycles. The van der Waals surface area contributed by atoms with Crippen molar-refractivity contribution in [2.24, 2.45) is 5.92 Å². The highest BCUT2D eigenvalue weighted by Gasteiger charge is 2.27. The molecule has 4 N–H and O–H groups in total. The van der Waals surface area contributed by atoms with Gasteiger partial charge in [-0.1, -0.05) is 12.1 Å². The lowest BCUT2D eigenvalue weighted by molar-refractivity contribution is -0.142.